The summed E-state index contributed by atoms with van der Waals surface area (Å²) in [6, 6.07) is 10.7. The highest BCUT2D eigenvalue weighted by Gasteiger charge is 2.50. The molecular weight excluding hydrogens is 815 g/mol. The van der Waals surface area contributed by atoms with Crippen LogP contribution >= 0.6 is 0 Å². The molecule has 2 aromatic carbocycles. The molecule has 0 saturated carbocycles. The van der Waals surface area contributed by atoms with E-state index in [1.807, 2.05) is 12.1 Å². The number of fused-ring (bicyclic) bond motifs is 2. The fourth-order valence-electron chi connectivity index (χ4n) is 8.50. The van der Waals surface area contributed by atoms with Gasteiger partial charge in [0.25, 0.3) is 12.9 Å². The van der Waals surface area contributed by atoms with Crippen LogP contribution in [0.4, 0.5) is 49.6 Å². The molecule has 0 radical (unpaired) electrons. The van der Waals surface area contributed by atoms with Crippen LogP contribution in [0, 0.1) is 30.9 Å². The van der Waals surface area contributed by atoms with E-state index in [2.05, 4.69) is 50.3 Å². The van der Waals surface area contributed by atoms with Crippen LogP contribution in [0.5, 0.6) is 0 Å². The van der Waals surface area contributed by atoms with Gasteiger partial charge in [0, 0.05) is 41.4 Å². The van der Waals surface area contributed by atoms with Gasteiger partial charge in [-0.15, -0.1) is 0 Å². The van der Waals surface area contributed by atoms with E-state index in [-0.39, 0.29) is 22.1 Å². The molecule has 2 atom stereocenters. The minimum atomic E-state index is -2.87. The average molecular weight is 859 g/mol. The molecule has 10 rings (SSSR count). The Morgan fingerprint density at radius 2 is 1.08 bits per heavy atom. The SMILES string of the molecule is Cc1nc(NC(C)c2cccc(C(F)F)c2F)c2cc(N3CC4(CCO4)C3)ncc2n1.Cc1nc(NC(C)c2cccc(C(F)F)c2F)c2cc(N3CC4(COC4)C3)ncc2n1. The Labute approximate surface area is 353 Å². The highest BCUT2D eigenvalue weighted by Crippen LogP contribution is 2.42. The maximum atomic E-state index is 14.6. The second kappa shape index (κ2) is 16.1. The molecule has 4 fully saturated rings. The molecule has 6 aromatic rings. The van der Waals surface area contributed by atoms with Gasteiger partial charge in [0.1, 0.15) is 52.2 Å². The quantitative estimate of drug-likeness (QED) is 0.128. The largest absolute Gasteiger partial charge is 0.380 e. The van der Waals surface area contributed by atoms with E-state index >= 15 is 0 Å². The predicted octanol–water partition coefficient (Wildman–Crippen LogP) is 8.98. The van der Waals surface area contributed by atoms with Crippen molar-refractivity contribution in [2.24, 2.45) is 5.41 Å². The molecule has 0 amide bonds. The van der Waals surface area contributed by atoms with Crippen LogP contribution in [0.2, 0.25) is 0 Å². The lowest BCUT2D eigenvalue weighted by atomic mass is 9.78. The molecule has 0 bridgehead atoms. The van der Waals surface area contributed by atoms with Crippen molar-refractivity contribution in [2.45, 2.75) is 64.7 Å². The third-order valence-corrected chi connectivity index (χ3v) is 12.0. The van der Waals surface area contributed by atoms with Gasteiger partial charge in [-0.1, -0.05) is 36.4 Å². The Morgan fingerprint density at radius 1 is 0.645 bits per heavy atom. The van der Waals surface area contributed by atoms with Gasteiger partial charge >= 0.3 is 0 Å². The monoisotopic (exact) mass is 858 g/mol. The third kappa shape index (κ3) is 7.78. The van der Waals surface area contributed by atoms with Crippen molar-refractivity contribution in [3.8, 4) is 0 Å². The summed E-state index contributed by atoms with van der Waals surface area (Å²) in [5.74, 6) is 1.90. The number of aromatic nitrogens is 6. The lowest BCUT2D eigenvalue weighted by molar-refractivity contribution is -0.161. The molecule has 2 unspecified atom stereocenters. The highest BCUT2D eigenvalue weighted by molar-refractivity contribution is 5.91. The summed E-state index contributed by atoms with van der Waals surface area (Å²) in [5.41, 5.74) is 0.652. The summed E-state index contributed by atoms with van der Waals surface area (Å²) in [6.07, 6.45) is -1.28. The molecular formula is C44H44F6N10O2. The van der Waals surface area contributed by atoms with Gasteiger partial charge in [0.05, 0.1) is 85.0 Å². The van der Waals surface area contributed by atoms with Gasteiger partial charge in [0.15, 0.2) is 0 Å². The second-order valence-electron chi connectivity index (χ2n) is 16.7. The number of rotatable bonds is 10. The van der Waals surface area contributed by atoms with Crippen LogP contribution in [0.3, 0.4) is 0 Å². The summed E-state index contributed by atoms with van der Waals surface area (Å²) in [7, 11) is 0. The summed E-state index contributed by atoms with van der Waals surface area (Å²) in [4.78, 5) is 31.3. The number of anilines is 4. The first-order chi connectivity index (χ1) is 29.7. The van der Waals surface area contributed by atoms with Gasteiger partial charge in [0.2, 0.25) is 0 Å². The van der Waals surface area contributed by atoms with Crippen LogP contribution in [0.25, 0.3) is 21.8 Å². The van der Waals surface area contributed by atoms with E-state index in [9.17, 15) is 26.3 Å². The number of hydrogen-bond donors (Lipinski definition) is 2. The average Bonchev–Trinajstić information content (AvgIpc) is 3.16. The van der Waals surface area contributed by atoms with Gasteiger partial charge in [-0.25, -0.2) is 56.2 Å². The van der Waals surface area contributed by atoms with Crippen LogP contribution in [-0.2, 0) is 9.47 Å². The molecule has 2 spiro atoms. The van der Waals surface area contributed by atoms with Crippen molar-refractivity contribution in [2.75, 3.05) is 66.4 Å². The van der Waals surface area contributed by atoms with Crippen LogP contribution in [0.15, 0.2) is 60.9 Å². The van der Waals surface area contributed by atoms with Crippen LogP contribution in [-0.4, -0.2) is 81.5 Å². The molecule has 8 heterocycles. The lowest BCUT2D eigenvalue weighted by Gasteiger charge is -2.55. The number of nitrogens with zero attached hydrogens (tertiary/aromatic N) is 8. The first kappa shape index (κ1) is 41.5. The molecule has 0 aliphatic carbocycles. The molecule has 4 aliphatic heterocycles. The topological polar surface area (TPSA) is 126 Å². The standard InChI is InChI=1S/2C22H22F3N5O/c1-12(14-4-3-5-15(19(14)23)20(24)25)27-21-16-6-18(26-7-17(16)28-13(2)29-21)30-8-22(9-30)10-31-11-22;1-12(14-4-3-5-15(19(14)23)20(24)25)27-21-16-8-18(26-9-17(16)28-13(2)29-21)30-10-22(11-30)6-7-31-22/h3-7,12,20H,8-11H2,1-2H3,(H,27,28,29);3-5,8-9,12,20H,6-7,10-11H2,1-2H3,(H,27,28,29). The number of nitrogens with one attached hydrogen (secondary N) is 2. The minimum Gasteiger partial charge on any atom is -0.380 e. The van der Waals surface area contributed by atoms with Crippen molar-refractivity contribution in [3.63, 3.8) is 0 Å². The van der Waals surface area contributed by atoms with Crippen molar-refractivity contribution in [1.29, 1.82) is 0 Å². The van der Waals surface area contributed by atoms with E-state index in [1.54, 1.807) is 40.1 Å². The first-order valence-electron chi connectivity index (χ1n) is 20.4. The molecule has 4 aromatic heterocycles. The van der Waals surface area contributed by atoms with E-state index in [0.717, 1.165) is 87.0 Å². The van der Waals surface area contributed by atoms with Gasteiger partial charge < -0.3 is 29.9 Å². The lowest BCUT2D eigenvalue weighted by Crippen LogP contribution is -2.68. The Morgan fingerprint density at radius 3 is 1.47 bits per heavy atom. The van der Waals surface area contributed by atoms with Crippen LogP contribution < -0.4 is 20.4 Å². The molecule has 4 aliphatic rings. The van der Waals surface area contributed by atoms with E-state index in [4.69, 9.17) is 9.47 Å². The number of alkyl halides is 4. The summed E-state index contributed by atoms with van der Waals surface area (Å²) in [6.45, 7) is 12.7. The number of pyridine rings is 2. The van der Waals surface area contributed by atoms with E-state index in [1.165, 1.54) is 24.3 Å². The zero-order chi connectivity index (χ0) is 43.5. The maximum absolute atomic E-state index is 14.6. The molecule has 4 saturated heterocycles. The zero-order valence-electron chi connectivity index (χ0n) is 34.4. The Bertz CT molecular complexity index is 2470. The number of benzene rings is 2. The van der Waals surface area contributed by atoms with Gasteiger partial charge in [-0.05, 0) is 39.8 Å². The molecule has 12 nitrogen and oxygen atoms in total. The van der Waals surface area contributed by atoms with Crippen molar-refractivity contribution in [1.82, 2.24) is 29.9 Å². The zero-order valence-corrected chi connectivity index (χ0v) is 34.4. The predicted molar refractivity (Wildman–Crippen MR) is 222 cm³/mol. The van der Waals surface area contributed by atoms with Crippen LogP contribution in [0.1, 0.15) is 79.1 Å². The molecule has 2 N–H and O–H groups in total. The number of hydrogen-bond acceptors (Lipinski definition) is 12. The second-order valence-corrected chi connectivity index (χ2v) is 16.7. The van der Waals surface area contributed by atoms with E-state index in [0.29, 0.717) is 34.3 Å². The fourth-order valence-corrected chi connectivity index (χ4v) is 8.50. The Kier molecular flexibility index (Phi) is 10.8. The normalized spacial score (nSPS) is 18.2. The smallest absolute Gasteiger partial charge is 0.266 e. The van der Waals surface area contributed by atoms with Crippen molar-refractivity contribution in [3.05, 3.63) is 106 Å². The van der Waals surface area contributed by atoms with Crippen molar-refractivity contribution >= 4 is 45.1 Å². The summed E-state index contributed by atoms with van der Waals surface area (Å²) in [5, 5.41) is 7.86. The molecule has 18 heteroatoms. The van der Waals surface area contributed by atoms with E-state index < -0.39 is 47.7 Å². The number of ether oxygens (including phenoxy) is 2. The third-order valence-electron chi connectivity index (χ3n) is 12.0. The first-order valence-corrected chi connectivity index (χ1v) is 20.4. The molecule has 62 heavy (non-hydrogen) atoms. The minimum absolute atomic E-state index is 0.0246. The summed E-state index contributed by atoms with van der Waals surface area (Å²) >= 11 is 0. The van der Waals surface area contributed by atoms with Crippen molar-refractivity contribution < 1.29 is 35.8 Å². The van der Waals surface area contributed by atoms with Gasteiger partial charge in [-0.2, -0.15) is 0 Å². The number of aryl methyl sites for hydroxylation is 2. The van der Waals surface area contributed by atoms with Gasteiger partial charge in [-0.3, -0.25) is 0 Å². The Balaban J connectivity index is 0.000000158. The number of halogens is 6. The Hall–Kier alpha value is -5.88. The molecule has 324 valence electrons. The summed E-state index contributed by atoms with van der Waals surface area (Å²) < 4.78 is 92.7. The fraction of sp³-hybridized carbons (Fsp3) is 0.409. The highest BCUT2D eigenvalue weighted by atomic mass is 19.3. The maximum Gasteiger partial charge on any atom is 0.266 e.